The fraction of sp³-hybridized carbons (Fsp3) is 0.500. The first-order chi connectivity index (χ1) is 8.53. The first kappa shape index (κ1) is 15.7. The lowest BCUT2D eigenvalue weighted by atomic mass is 10.3. The fourth-order valence-corrected chi connectivity index (χ4v) is 3.01. The summed E-state index contributed by atoms with van der Waals surface area (Å²) in [7, 11) is -3.21. The van der Waals surface area contributed by atoms with E-state index >= 15 is 0 Å². The first-order valence-corrected chi connectivity index (χ1v) is 8.73. The molecular formula is C12H19IN2O2S. The molecule has 2 N–H and O–H groups in total. The SMILES string of the molecule is CCNCCCCS(=O)(=O)Nc1ccc(I)cc1. The van der Waals surface area contributed by atoms with Gasteiger partial charge in [0.1, 0.15) is 0 Å². The highest BCUT2D eigenvalue weighted by Crippen LogP contribution is 2.13. The van der Waals surface area contributed by atoms with Crippen LogP contribution in [0.4, 0.5) is 5.69 Å². The van der Waals surface area contributed by atoms with Gasteiger partial charge in [-0.3, -0.25) is 4.72 Å². The van der Waals surface area contributed by atoms with Gasteiger partial charge in [0.25, 0.3) is 0 Å². The summed E-state index contributed by atoms with van der Waals surface area (Å²) in [6, 6.07) is 7.31. The maximum absolute atomic E-state index is 11.8. The predicted molar refractivity (Wildman–Crippen MR) is 84.3 cm³/mol. The number of anilines is 1. The summed E-state index contributed by atoms with van der Waals surface area (Å²) in [5.74, 6) is 0.171. The Labute approximate surface area is 123 Å². The average molecular weight is 382 g/mol. The molecule has 1 rings (SSSR count). The molecule has 1 aromatic rings. The largest absolute Gasteiger partial charge is 0.317 e. The third-order valence-corrected chi connectivity index (χ3v) is 4.48. The van der Waals surface area contributed by atoms with E-state index < -0.39 is 10.0 Å². The Morgan fingerprint density at radius 1 is 1.17 bits per heavy atom. The van der Waals surface area contributed by atoms with Crippen molar-refractivity contribution in [1.29, 1.82) is 0 Å². The number of hydrogen-bond donors (Lipinski definition) is 2. The average Bonchev–Trinajstić information content (AvgIpc) is 2.31. The van der Waals surface area contributed by atoms with Gasteiger partial charge in [-0.2, -0.15) is 0 Å². The predicted octanol–water partition coefficient (Wildman–Crippen LogP) is 2.42. The highest BCUT2D eigenvalue weighted by atomic mass is 127. The number of benzene rings is 1. The van der Waals surface area contributed by atoms with E-state index in [1.165, 1.54) is 0 Å². The Balaban J connectivity index is 2.37. The second-order valence-corrected chi connectivity index (χ2v) is 7.08. The van der Waals surface area contributed by atoms with Gasteiger partial charge in [0.15, 0.2) is 0 Å². The van der Waals surface area contributed by atoms with Gasteiger partial charge < -0.3 is 5.32 Å². The van der Waals surface area contributed by atoms with Crippen molar-refractivity contribution < 1.29 is 8.42 Å². The molecule has 0 aliphatic rings. The smallest absolute Gasteiger partial charge is 0.232 e. The minimum Gasteiger partial charge on any atom is -0.317 e. The molecule has 0 spiro atoms. The zero-order valence-electron chi connectivity index (χ0n) is 10.4. The summed E-state index contributed by atoms with van der Waals surface area (Å²) in [5, 5.41) is 3.17. The Bertz CT molecular complexity index is 446. The summed E-state index contributed by atoms with van der Waals surface area (Å²) < 4.78 is 27.2. The van der Waals surface area contributed by atoms with Gasteiger partial charge in [-0.25, -0.2) is 8.42 Å². The Morgan fingerprint density at radius 3 is 2.44 bits per heavy atom. The van der Waals surface area contributed by atoms with E-state index in [2.05, 4.69) is 32.6 Å². The van der Waals surface area contributed by atoms with Crippen molar-refractivity contribution in [3.05, 3.63) is 27.8 Å². The summed E-state index contributed by atoms with van der Waals surface area (Å²) in [4.78, 5) is 0. The molecular weight excluding hydrogens is 363 g/mol. The van der Waals surface area contributed by atoms with Gasteiger partial charge in [0, 0.05) is 9.26 Å². The van der Waals surface area contributed by atoms with Gasteiger partial charge in [0.2, 0.25) is 10.0 Å². The van der Waals surface area contributed by atoms with Gasteiger partial charge in [-0.1, -0.05) is 6.92 Å². The van der Waals surface area contributed by atoms with Crippen molar-refractivity contribution in [2.24, 2.45) is 0 Å². The number of unbranched alkanes of at least 4 members (excludes halogenated alkanes) is 1. The topological polar surface area (TPSA) is 58.2 Å². The standard InChI is InChI=1S/C12H19IN2O2S/c1-2-14-9-3-4-10-18(16,17)15-12-7-5-11(13)6-8-12/h5-8,14-15H,2-4,9-10H2,1H3. The molecule has 1 aromatic carbocycles. The molecule has 0 bridgehead atoms. The van der Waals surface area contributed by atoms with Crippen molar-refractivity contribution in [2.75, 3.05) is 23.6 Å². The van der Waals surface area contributed by atoms with Crippen LogP contribution in [0, 0.1) is 3.57 Å². The first-order valence-electron chi connectivity index (χ1n) is 6.00. The van der Waals surface area contributed by atoms with Crippen LogP contribution < -0.4 is 10.0 Å². The summed E-state index contributed by atoms with van der Waals surface area (Å²) in [6.45, 7) is 3.83. The molecule has 0 aromatic heterocycles. The molecule has 0 fully saturated rings. The highest BCUT2D eigenvalue weighted by molar-refractivity contribution is 14.1. The van der Waals surface area contributed by atoms with Crippen LogP contribution in [0.1, 0.15) is 19.8 Å². The van der Waals surface area contributed by atoms with E-state index in [-0.39, 0.29) is 5.75 Å². The summed E-state index contributed by atoms with van der Waals surface area (Å²) in [6.07, 6.45) is 1.55. The molecule has 0 aliphatic carbocycles. The number of rotatable bonds is 8. The Morgan fingerprint density at radius 2 is 1.83 bits per heavy atom. The van der Waals surface area contributed by atoms with Gasteiger partial charge in [-0.15, -0.1) is 0 Å². The van der Waals surface area contributed by atoms with Crippen LogP contribution in [-0.4, -0.2) is 27.3 Å². The van der Waals surface area contributed by atoms with Crippen LogP contribution in [0.15, 0.2) is 24.3 Å². The van der Waals surface area contributed by atoms with Gasteiger partial charge >= 0.3 is 0 Å². The maximum Gasteiger partial charge on any atom is 0.232 e. The van der Waals surface area contributed by atoms with Crippen molar-refractivity contribution >= 4 is 38.3 Å². The highest BCUT2D eigenvalue weighted by Gasteiger charge is 2.09. The molecule has 0 aliphatic heterocycles. The van der Waals surface area contributed by atoms with Crippen LogP contribution in [-0.2, 0) is 10.0 Å². The monoisotopic (exact) mass is 382 g/mol. The quantitative estimate of drug-likeness (QED) is 0.536. The molecule has 0 heterocycles. The minimum absolute atomic E-state index is 0.171. The number of nitrogens with one attached hydrogen (secondary N) is 2. The second kappa shape index (κ2) is 7.96. The van der Waals surface area contributed by atoms with Crippen LogP contribution >= 0.6 is 22.6 Å². The maximum atomic E-state index is 11.8. The lowest BCUT2D eigenvalue weighted by molar-refractivity contribution is 0.593. The van der Waals surface area contributed by atoms with Crippen molar-refractivity contribution in [2.45, 2.75) is 19.8 Å². The number of hydrogen-bond acceptors (Lipinski definition) is 3. The van der Waals surface area contributed by atoms with Crippen molar-refractivity contribution in [1.82, 2.24) is 5.32 Å². The Kier molecular flexibility index (Phi) is 6.95. The van der Waals surface area contributed by atoms with Crippen LogP contribution in [0.3, 0.4) is 0 Å². The Hall–Kier alpha value is -0.340. The molecule has 0 saturated carbocycles. The summed E-state index contributed by atoms with van der Waals surface area (Å²) in [5.41, 5.74) is 0.627. The van der Waals surface area contributed by atoms with E-state index in [1.807, 2.05) is 19.1 Å². The lowest BCUT2D eigenvalue weighted by Gasteiger charge is -2.08. The molecule has 4 nitrogen and oxygen atoms in total. The fourth-order valence-electron chi connectivity index (χ4n) is 1.47. The summed E-state index contributed by atoms with van der Waals surface area (Å²) >= 11 is 2.18. The lowest BCUT2D eigenvalue weighted by Crippen LogP contribution is -2.19. The zero-order chi connectivity index (χ0) is 13.4. The number of sulfonamides is 1. The van der Waals surface area contributed by atoms with Crippen LogP contribution in [0.2, 0.25) is 0 Å². The molecule has 0 unspecified atom stereocenters. The minimum atomic E-state index is -3.21. The van der Waals surface area contributed by atoms with Crippen LogP contribution in [0.25, 0.3) is 0 Å². The molecule has 0 radical (unpaired) electrons. The number of halogens is 1. The van der Waals surface area contributed by atoms with Crippen molar-refractivity contribution in [3.8, 4) is 0 Å². The molecule has 0 amide bonds. The van der Waals surface area contributed by atoms with Crippen LogP contribution in [0.5, 0.6) is 0 Å². The zero-order valence-corrected chi connectivity index (χ0v) is 13.4. The van der Waals surface area contributed by atoms with Gasteiger partial charge in [0.05, 0.1) is 5.75 Å². The second-order valence-electron chi connectivity index (χ2n) is 3.99. The molecule has 0 atom stereocenters. The molecule has 6 heteroatoms. The van der Waals surface area contributed by atoms with E-state index in [0.717, 1.165) is 23.1 Å². The van der Waals surface area contributed by atoms with E-state index in [4.69, 9.17) is 0 Å². The van der Waals surface area contributed by atoms with E-state index in [0.29, 0.717) is 12.1 Å². The molecule has 18 heavy (non-hydrogen) atoms. The van der Waals surface area contributed by atoms with E-state index in [1.54, 1.807) is 12.1 Å². The van der Waals surface area contributed by atoms with Gasteiger partial charge in [-0.05, 0) is 72.8 Å². The molecule has 0 saturated heterocycles. The van der Waals surface area contributed by atoms with E-state index in [9.17, 15) is 8.42 Å². The third-order valence-electron chi connectivity index (χ3n) is 2.38. The molecule has 102 valence electrons. The third kappa shape index (κ3) is 6.55. The van der Waals surface area contributed by atoms with Crippen molar-refractivity contribution in [3.63, 3.8) is 0 Å². The normalized spacial score (nSPS) is 11.4.